The molecular formula is C9H16ClN5. The zero-order valence-corrected chi connectivity index (χ0v) is 9.97. The first-order valence-corrected chi connectivity index (χ1v) is 5.23. The Bertz CT molecular complexity index is 339. The third-order valence-electron chi connectivity index (χ3n) is 2.06. The van der Waals surface area contributed by atoms with Gasteiger partial charge in [-0.2, -0.15) is 9.97 Å². The van der Waals surface area contributed by atoms with Gasteiger partial charge in [-0.3, -0.25) is 0 Å². The average Bonchev–Trinajstić information content (AvgIpc) is 2.17. The lowest BCUT2D eigenvalue weighted by Crippen LogP contribution is -2.31. The van der Waals surface area contributed by atoms with Crippen molar-refractivity contribution in [1.82, 2.24) is 15.0 Å². The summed E-state index contributed by atoms with van der Waals surface area (Å²) in [4.78, 5) is 12.3. The van der Waals surface area contributed by atoms with Crippen LogP contribution in [-0.4, -0.2) is 28.0 Å². The van der Waals surface area contributed by atoms with Crippen LogP contribution in [0.1, 0.15) is 26.6 Å². The summed E-state index contributed by atoms with van der Waals surface area (Å²) < 4.78 is 0. The van der Waals surface area contributed by atoms with Crippen molar-refractivity contribution < 1.29 is 0 Å². The molecule has 0 aliphatic rings. The molecule has 1 rings (SSSR count). The molecule has 1 aromatic rings. The van der Waals surface area contributed by atoms with Crippen molar-refractivity contribution in [3.8, 4) is 0 Å². The quantitative estimate of drug-likeness (QED) is 0.811. The molecule has 5 nitrogen and oxygen atoms in total. The molecule has 0 amide bonds. The van der Waals surface area contributed by atoms with Crippen molar-refractivity contribution in [2.45, 2.75) is 26.2 Å². The molecule has 0 bridgehead atoms. The van der Waals surface area contributed by atoms with Gasteiger partial charge in [0.25, 0.3) is 0 Å². The van der Waals surface area contributed by atoms with E-state index in [4.69, 9.17) is 17.3 Å². The van der Waals surface area contributed by atoms with Gasteiger partial charge in [0, 0.05) is 18.5 Å². The van der Waals surface area contributed by atoms with Gasteiger partial charge in [0.15, 0.2) is 0 Å². The average molecular weight is 230 g/mol. The Morgan fingerprint density at radius 1 is 1.33 bits per heavy atom. The number of nitrogens with two attached hydrogens (primary N) is 1. The molecular weight excluding hydrogens is 214 g/mol. The molecule has 0 fully saturated rings. The van der Waals surface area contributed by atoms with Crippen molar-refractivity contribution >= 4 is 17.5 Å². The summed E-state index contributed by atoms with van der Waals surface area (Å²) in [6, 6.07) is 0. The predicted octanol–water partition coefficient (Wildman–Crippen LogP) is 1.19. The molecule has 0 saturated heterocycles. The molecule has 0 saturated carbocycles. The largest absolute Gasteiger partial charge is 0.354 e. The SMILES string of the molecule is CCNc1nc(Cl)nc(C(C)(C)CN)n1. The van der Waals surface area contributed by atoms with Gasteiger partial charge in [-0.05, 0) is 18.5 Å². The van der Waals surface area contributed by atoms with E-state index >= 15 is 0 Å². The highest BCUT2D eigenvalue weighted by atomic mass is 35.5. The molecule has 0 atom stereocenters. The van der Waals surface area contributed by atoms with Crippen LogP contribution in [0.15, 0.2) is 0 Å². The first-order valence-electron chi connectivity index (χ1n) is 4.85. The lowest BCUT2D eigenvalue weighted by atomic mass is 9.93. The van der Waals surface area contributed by atoms with E-state index in [1.165, 1.54) is 0 Å². The summed E-state index contributed by atoms with van der Waals surface area (Å²) in [6.07, 6.45) is 0. The Morgan fingerprint density at radius 3 is 2.53 bits per heavy atom. The fourth-order valence-corrected chi connectivity index (χ4v) is 1.14. The van der Waals surface area contributed by atoms with Crippen molar-refractivity contribution in [1.29, 1.82) is 0 Å². The summed E-state index contributed by atoms with van der Waals surface area (Å²) in [5.41, 5.74) is 5.35. The summed E-state index contributed by atoms with van der Waals surface area (Å²) in [6.45, 7) is 7.09. The topological polar surface area (TPSA) is 76.7 Å². The second kappa shape index (κ2) is 4.72. The van der Waals surface area contributed by atoms with Crippen molar-refractivity contribution in [3.05, 3.63) is 11.1 Å². The first-order chi connectivity index (χ1) is 6.99. The normalized spacial score (nSPS) is 11.5. The first kappa shape index (κ1) is 12.1. The van der Waals surface area contributed by atoms with Crippen molar-refractivity contribution in [3.63, 3.8) is 0 Å². The molecule has 0 spiro atoms. The van der Waals surface area contributed by atoms with E-state index in [9.17, 15) is 0 Å². The van der Waals surface area contributed by atoms with Crippen LogP contribution in [0.2, 0.25) is 5.28 Å². The van der Waals surface area contributed by atoms with Crippen molar-refractivity contribution in [2.24, 2.45) is 5.73 Å². The third-order valence-corrected chi connectivity index (χ3v) is 2.23. The minimum atomic E-state index is -0.295. The number of hydrogen-bond donors (Lipinski definition) is 2. The van der Waals surface area contributed by atoms with Crippen LogP contribution in [0.4, 0.5) is 5.95 Å². The zero-order chi connectivity index (χ0) is 11.5. The molecule has 0 aliphatic carbocycles. The monoisotopic (exact) mass is 229 g/mol. The zero-order valence-electron chi connectivity index (χ0n) is 9.21. The fourth-order valence-electron chi connectivity index (χ4n) is 0.981. The maximum atomic E-state index is 5.81. The molecule has 0 unspecified atom stereocenters. The lowest BCUT2D eigenvalue weighted by molar-refractivity contribution is 0.500. The maximum Gasteiger partial charge on any atom is 0.227 e. The number of aromatic nitrogens is 3. The van der Waals surface area contributed by atoms with E-state index in [0.717, 1.165) is 6.54 Å². The van der Waals surface area contributed by atoms with Crippen LogP contribution in [0.3, 0.4) is 0 Å². The number of rotatable bonds is 4. The third kappa shape index (κ3) is 3.00. The predicted molar refractivity (Wildman–Crippen MR) is 61.1 cm³/mol. The molecule has 3 N–H and O–H groups in total. The molecule has 1 heterocycles. The van der Waals surface area contributed by atoms with Gasteiger partial charge in [0.05, 0.1) is 0 Å². The van der Waals surface area contributed by atoms with E-state index in [2.05, 4.69) is 20.3 Å². The van der Waals surface area contributed by atoms with Crippen LogP contribution in [0, 0.1) is 0 Å². The smallest absolute Gasteiger partial charge is 0.227 e. The minimum Gasteiger partial charge on any atom is -0.354 e. The summed E-state index contributed by atoms with van der Waals surface area (Å²) in [5, 5.41) is 3.19. The second-order valence-corrected chi connectivity index (χ2v) is 4.21. The number of nitrogens with one attached hydrogen (secondary N) is 1. The van der Waals surface area contributed by atoms with E-state index in [1.54, 1.807) is 0 Å². The van der Waals surface area contributed by atoms with Gasteiger partial charge in [-0.1, -0.05) is 13.8 Å². The fraction of sp³-hybridized carbons (Fsp3) is 0.667. The minimum absolute atomic E-state index is 0.192. The van der Waals surface area contributed by atoms with Gasteiger partial charge in [0.1, 0.15) is 5.82 Å². The Kier molecular flexibility index (Phi) is 3.82. The van der Waals surface area contributed by atoms with Gasteiger partial charge in [-0.15, -0.1) is 0 Å². The standard InChI is InChI=1S/C9H16ClN5/c1-4-12-8-14-6(9(2,3)5-11)13-7(10)15-8/h4-5,11H2,1-3H3,(H,12,13,14,15). The van der Waals surface area contributed by atoms with Crippen LogP contribution in [0.25, 0.3) is 0 Å². The molecule has 0 aliphatic heterocycles. The van der Waals surface area contributed by atoms with Crippen LogP contribution >= 0.6 is 11.6 Å². The maximum absolute atomic E-state index is 5.81. The lowest BCUT2D eigenvalue weighted by Gasteiger charge is -2.20. The number of halogens is 1. The molecule has 0 aromatic carbocycles. The molecule has 84 valence electrons. The number of anilines is 1. The Morgan fingerprint density at radius 2 is 2.00 bits per heavy atom. The summed E-state index contributed by atoms with van der Waals surface area (Å²) >= 11 is 5.81. The van der Waals surface area contributed by atoms with E-state index in [0.29, 0.717) is 18.3 Å². The second-order valence-electron chi connectivity index (χ2n) is 3.87. The van der Waals surface area contributed by atoms with Crippen LogP contribution in [-0.2, 0) is 5.41 Å². The van der Waals surface area contributed by atoms with Gasteiger partial charge in [-0.25, -0.2) is 4.98 Å². The highest BCUT2D eigenvalue weighted by Gasteiger charge is 2.23. The highest BCUT2D eigenvalue weighted by molar-refractivity contribution is 6.28. The Balaban J connectivity index is 3.08. The Labute approximate surface area is 94.5 Å². The van der Waals surface area contributed by atoms with E-state index in [-0.39, 0.29) is 10.7 Å². The molecule has 0 radical (unpaired) electrons. The highest BCUT2D eigenvalue weighted by Crippen LogP contribution is 2.19. The van der Waals surface area contributed by atoms with Gasteiger partial charge >= 0.3 is 0 Å². The number of nitrogens with zero attached hydrogens (tertiary/aromatic N) is 3. The van der Waals surface area contributed by atoms with Crippen LogP contribution in [0.5, 0.6) is 0 Å². The molecule has 15 heavy (non-hydrogen) atoms. The van der Waals surface area contributed by atoms with Crippen molar-refractivity contribution in [2.75, 3.05) is 18.4 Å². The number of hydrogen-bond acceptors (Lipinski definition) is 5. The van der Waals surface area contributed by atoms with Gasteiger partial charge in [0.2, 0.25) is 11.2 Å². The molecule has 6 heteroatoms. The molecule has 1 aromatic heterocycles. The van der Waals surface area contributed by atoms with E-state index < -0.39 is 0 Å². The Hall–Kier alpha value is -0.940. The van der Waals surface area contributed by atoms with E-state index in [1.807, 2.05) is 20.8 Å². The summed E-state index contributed by atoms with van der Waals surface area (Å²) in [7, 11) is 0. The van der Waals surface area contributed by atoms with Gasteiger partial charge < -0.3 is 11.1 Å². The summed E-state index contributed by atoms with van der Waals surface area (Å²) in [5.74, 6) is 1.11. The van der Waals surface area contributed by atoms with Crippen LogP contribution < -0.4 is 11.1 Å².